The van der Waals surface area contributed by atoms with Crippen LogP contribution in [-0.2, 0) is 42.0 Å². The minimum atomic E-state index is -3.64. The van der Waals surface area contributed by atoms with Gasteiger partial charge in [-0.25, -0.2) is 29.4 Å². The first-order valence-electron chi connectivity index (χ1n) is 20.8. The van der Waals surface area contributed by atoms with Crippen LogP contribution in [0.4, 0.5) is 19.2 Å². The molecule has 0 unspecified atom stereocenters. The molecule has 0 spiro atoms. The van der Waals surface area contributed by atoms with Gasteiger partial charge in [-0.2, -0.15) is 8.42 Å². The Morgan fingerprint density at radius 3 is 1.44 bits per heavy atom. The van der Waals surface area contributed by atoms with Crippen molar-refractivity contribution in [2.24, 2.45) is 5.73 Å². The van der Waals surface area contributed by atoms with Crippen molar-refractivity contribution in [3.63, 3.8) is 0 Å². The van der Waals surface area contributed by atoms with Gasteiger partial charge in [-0.1, -0.05) is 31.0 Å². The summed E-state index contributed by atoms with van der Waals surface area (Å²) in [7, 11) is -3.64. The van der Waals surface area contributed by atoms with E-state index in [0.29, 0.717) is 19.4 Å². The molecule has 0 fully saturated rings. The standard InChI is InChI=1S/C14H23NO4.C11H12O3S.C10H19NO4.C7H3ClO2S.C4H7N.C4H6O.CH4.ClH/c1-8-9-10-15(11(16)18-13(2,3)4)12(17)19-14(5,6)7;1-3-4-9-14-15(12,13)11-7-5-10(2)6-8-11;1-9(2,3)14-7(12)11-8(13)15-10(4,5)6;1-2-3-4-5-6-7-11-10-9-8;2*1-2-3-4-5;;/h1H,9-10H2,2-7H3;1,5-8H,4,9H2,2H3;1-6H3,(H,11,12,13);1H3;1H,3-5H2;1,5H,3-4H2;1H4;1H. The lowest BCUT2D eigenvalue weighted by atomic mass is 10.2. The Hall–Kier alpha value is -5.70. The second-order valence-electron chi connectivity index (χ2n) is 16.7. The Kier molecular flexibility index (Phi) is 51.8. The summed E-state index contributed by atoms with van der Waals surface area (Å²) in [4.78, 5) is 47.1. The van der Waals surface area contributed by atoms with Gasteiger partial charge < -0.3 is 29.8 Å². The number of alkyl carbamates (subject to hydrolysis) is 2. The second-order valence-corrected chi connectivity index (χ2v) is 19.0. The van der Waals surface area contributed by atoms with Crippen molar-refractivity contribution in [1.29, 1.82) is 0 Å². The van der Waals surface area contributed by atoms with E-state index in [-0.39, 0.29) is 57.3 Å². The predicted molar refractivity (Wildman–Crippen MR) is 288 cm³/mol. The number of nitrogens with two attached hydrogens (primary N) is 1. The number of amides is 4. The lowest BCUT2D eigenvalue weighted by molar-refractivity contribution is -0.0669. The van der Waals surface area contributed by atoms with E-state index >= 15 is 0 Å². The summed E-state index contributed by atoms with van der Waals surface area (Å²) in [5, 5.41) is 12.3. The summed E-state index contributed by atoms with van der Waals surface area (Å²) < 4.78 is 55.7. The van der Waals surface area contributed by atoms with Gasteiger partial charge in [0, 0.05) is 49.9 Å². The molecule has 4 amide bonds. The zero-order chi connectivity index (χ0) is 55.5. The molecule has 1 aromatic carbocycles. The van der Waals surface area contributed by atoms with E-state index in [4.69, 9.17) is 71.5 Å². The van der Waals surface area contributed by atoms with E-state index in [2.05, 4.69) is 67.3 Å². The molecule has 0 atom stereocenters. The van der Waals surface area contributed by atoms with Gasteiger partial charge in [0.15, 0.2) is 0 Å². The van der Waals surface area contributed by atoms with E-state index < -0.39 is 56.9 Å². The van der Waals surface area contributed by atoms with E-state index in [1.165, 1.54) is 12.1 Å². The number of imide groups is 2. The molecule has 4 N–H and O–H groups in total. The largest absolute Gasteiger partial charge is 0.443 e. The summed E-state index contributed by atoms with van der Waals surface area (Å²) in [6.07, 6.45) is 18.3. The molecule has 0 heterocycles. The number of aliphatic hydroxyl groups is 1. The quantitative estimate of drug-likeness (QED) is 0.0376. The van der Waals surface area contributed by atoms with Crippen molar-refractivity contribution in [1.82, 2.24) is 10.2 Å². The number of hydrogen-bond donors (Lipinski definition) is 3. The first kappa shape index (κ1) is 80.4. The Morgan fingerprint density at radius 1 is 0.708 bits per heavy atom. The Bertz CT molecular complexity index is 2100. The predicted octanol–water partition coefficient (Wildman–Crippen LogP) is 10.1. The van der Waals surface area contributed by atoms with Crippen LogP contribution in [0.5, 0.6) is 0 Å². The molecule has 72 heavy (non-hydrogen) atoms. The van der Waals surface area contributed by atoms with Gasteiger partial charge in [-0.15, -0.1) is 70.6 Å². The van der Waals surface area contributed by atoms with E-state index in [0.717, 1.165) is 22.5 Å². The van der Waals surface area contributed by atoms with Gasteiger partial charge in [0.05, 0.1) is 18.1 Å². The fourth-order valence-corrected chi connectivity index (χ4v) is 4.23. The van der Waals surface area contributed by atoms with E-state index in [1.54, 1.807) is 102 Å². The van der Waals surface area contributed by atoms with Crippen LogP contribution in [0.3, 0.4) is 0 Å². The monoisotopic (exact) mass is 1090 g/mol. The fourth-order valence-electron chi connectivity index (χ4n) is 3.09. The summed E-state index contributed by atoms with van der Waals surface area (Å²) in [5.74, 6) is 21.8. The van der Waals surface area contributed by atoms with Crippen LogP contribution in [0.2, 0.25) is 0 Å². The SMILES string of the molecule is C.C#CCCN.C#CCCN(C(=O)OC(C)(C)C)C(=O)OC(C)(C)C.C#CCCO.C#CCCOS(=O)(=O)c1ccc(C)cc1.CC#CC#CC#CSOOCl.CC(C)(C)OC(=O)NC(=O)OC(C)(C)C.Cl. The Balaban J connectivity index is -0.000000147. The van der Waals surface area contributed by atoms with Crippen molar-refractivity contribution in [2.45, 2.75) is 157 Å². The third-order valence-electron chi connectivity index (χ3n) is 5.51. The number of carbonyl (C=O) groups is 4. The van der Waals surface area contributed by atoms with Gasteiger partial charge in [0.2, 0.25) is 0 Å². The Morgan fingerprint density at radius 2 is 1.12 bits per heavy atom. The molecule has 0 aliphatic rings. The molecular weight excluding hydrogens is 1010 g/mol. The van der Waals surface area contributed by atoms with Crippen molar-refractivity contribution < 1.29 is 64.6 Å². The number of aliphatic hydroxyl groups excluding tert-OH is 1. The Labute approximate surface area is 446 Å². The molecule has 1 aromatic rings. The number of halogens is 2. The molecule has 0 aliphatic carbocycles. The van der Waals surface area contributed by atoms with Crippen LogP contribution in [0, 0.1) is 91.2 Å². The smallest absolute Gasteiger partial charge is 0.419 e. The lowest BCUT2D eigenvalue weighted by Gasteiger charge is -2.28. The van der Waals surface area contributed by atoms with Crippen LogP contribution < -0.4 is 11.1 Å². The highest BCUT2D eigenvalue weighted by Gasteiger charge is 2.30. The zero-order valence-electron chi connectivity index (χ0n) is 43.2. The molecule has 21 heteroatoms. The van der Waals surface area contributed by atoms with Crippen molar-refractivity contribution in [2.75, 3.05) is 26.3 Å². The summed E-state index contributed by atoms with van der Waals surface area (Å²) in [6.45, 7) is 25.0. The molecule has 1 rings (SSSR count). The summed E-state index contributed by atoms with van der Waals surface area (Å²) in [5.41, 5.74) is 3.35. The molecule has 0 saturated carbocycles. The van der Waals surface area contributed by atoms with Crippen LogP contribution in [0.25, 0.3) is 0 Å². The number of aryl methyl sites for hydroxylation is 1. The molecule has 17 nitrogen and oxygen atoms in total. The normalized spacial score (nSPS) is 9.57. The molecule has 0 saturated heterocycles. The highest BCUT2D eigenvalue weighted by Crippen LogP contribution is 2.16. The van der Waals surface area contributed by atoms with Crippen molar-refractivity contribution in [3.05, 3.63) is 29.8 Å². The van der Waals surface area contributed by atoms with Gasteiger partial charge in [-0.3, -0.25) is 4.18 Å². The topological polar surface area (TPSA) is 229 Å². The maximum absolute atomic E-state index is 11.9. The maximum Gasteiger partial charge on any atom is 0.419 e. The van der Waals surface area contributed by atoms with E-state index in [1.807, 2.05) is 12.2 Å². The highest BCUT2D eigenvalue weighted by molar-refractivity contribution is 7.99. The van der Waals surface area contributed by atoms with Crippen molar-refractivity contribution >= 4 is 70.8 Å². The number of nitrogens with one attached hydrogen (secondary N) is 1. The number of nitrogens with zero attached hydrogens (tertiary/aromatic N) is 1. The van der Waals surface area contributed by atoms with Gasteiger partial charge in [-0.05, 0) is 127 Å². The minimum absolute atomic E-state index is 0. The van der Waals surface area contributed by atoms with Gasteiger partial charge in [0.25, 0.3) is 10.1 Å². The van der Waals surface area contributed by atoms with Crippen LogP contribution >= 0.6 is 36.3 Å². The molecule has 0 aromatic heterocycles. The first-order chi connectivity index (χ1) is 32.3. The number of hydrogen-bond acceptors (Lipinski definition) is 16. The average molecular weight is 1090 g/mol. The number of rotatable bonds is 10. The molecule has 0 aliphatic heterocycles. The second kappa shape index (κ2) is 46.4. The maximum atomic E-state index is 11.9. The highest BCUT2D eigenvalue weighted by atomic mass is 35.5. The number of benzene rings is 1. The van der Waals surface area contributed by atoms with Crippen LogP contribution in [0.1, 0.15) is 129 Å². The number of carbonyl (C=O) groups excluding carboxylic acids is 4. The third kappa shape index (κ3) is 62.3. The summed E-state index contributed by atoms with van der Waals surface area (Å²) >= 11 is 5.44. The van der Waals surface area contributed by atoms with Crippen molar-refractivity contribution in [3.8, 4) is 84.2 Å². The lowest BCUT2D eigenvalue weighted by Crippen LogP contribution is -2.44. The first-order valence-corrected chi connectivity index (χ1v) is 23.2. The molecule has 0 radical (unpaired) electrons. The van der Waals surface area contributed by atoms with E-state index in [9.17, 15) is 27.6 Å². The van der Waals surface area contributed by atoms with Crippen LogP contribution in [0.15, 0.2) is 29.2 Å². The average Bonchev–Trinajstić information content (AvgIpc) is 3.20. The van der Waals surface area contributed by atoms with Gasteiger partial charge in [0.1, 0.15) is 46.3 Å². The van der Waals surface area contributed by atoms with Gasteiger partial charge >= 0.3 is 24.4 Å². The summed E-state index contributed by atoms with van der Waals surface area (Å²) in [6, 6.07) is 6.47. The molecule has 404 valence electrons. The number of terminal acetylenes is 4. The number of ether oxygens (including phenoxy) is 4. The van der Waals surface area contributed by atoms with Crippen LogP contribution in [-0.4, -0.2) is 91.5 Å². The molecular formula is C51H75Cl2N3O14S2. The zero-order valence-corrected chi connectivity index (χ0v) is 46.4. The minimum Gasteiger partial charge on any atom is -0.443 e. The molecule has 0 bridgehead atoms. The third-order valence-corrected chi connectivity index (χ3v) is 7.30. The fraction of sp³-hybridized carbons (Fsp3) is 0.529.